The highest BCUT2D eigenvalue weighted by atomic mass is 16.5. The molecule has 0 spiro atoms. The van der Waals surface area contributed by atoms with Gasteiger partial charge in [-0.2, -0.15) is 0 Å². The van der Waals surface area contributed by atoms with E-state index >= 15 is 0 Å². The molecule has 124 valence electrons. The molecule has 0 aliphatic heterocycles. The SMILES string of the molecule is Nc1ccccc1C(=O)Oc1ccccc1.O.O=CO.O=CO. The zero-order valence-corrected chi connectivity index (χ0v) is 12.0. The van der Waals surface area contributed by atoms with Crippen LogP contribution in [0, 0.1) is 0 Å². The predicted octanol–water partition coefficient (Wildman–Crippen LogP) is 1.06. The van der Waals surface area contributed by atoms with Gasteiger partial charge in [0.25, 0.3) is 12.9 Å². The fraction of sp³-hybridized carbons (Fsp3) is 0. The van der Waals surface area contributed by atoms with Crippen molar-refractivity contribution in [3.8, 4) is 5.75 Å². The number of hydrogen-bond acceptors (Lipinski definition) is 5. The third kappa shape index (κ3) is 9.21. The molecule has 0 radical (unpaired) electrons. The monoisotopic (exact) mass is 323 g/mol. The number of carbonyl (C=O) groups is 3. The molecule has 0 bridgehead atoms. The molecule has 2 rings (SSSR count). The number of hydrogen-bond donors (Lipinski definition) is 3. The van der Waals surface area contributed by atoms with Gasteiger partial charge in [0.2, 0.25) is 0 Å². The Bertz CT molecular complexity index is 581. The lowest BCUT2D eigenvalue weighted by Gasteiger charge is -2.05. The Morgan fingerprint density at radius 1 is 0.913 bits per heavy atom. The second kappa shape index (κ2) is 13.6. The normalized spacial score (nSPS) is 7.83. The molecular weight excluding hydrogens is 306 g/mol. The minimum atomic E-state index is -0.440. The van der Waals surface area contributed by atoms with Crippen LogP contribution in [-0.2, 0) is 9.59 Å². The van der Waals surface area contributed by atoms with Crippen molar-refractivity contribution in [1.29, 1.82) is 0 Å². The Kier molecular flexibility index (Phi) is 12.9. The largest absolute Gasteiger partial charge is 0.483 e. The molecule has 0 saturated heterocycles. The first-order valence-electron chi connectivity index (χ1n) is 5.88. The van der Waals surface area contributed by atoms with Gasteiger partial charge in [0.05, 0.1) is 5.56 Å². The topological polar surface area (TPSA) is 158 Å². The van der Waals surface area contributed by atoms with Crippen LogP contribution in [-0.4, -0.2) is 34.6 Å². The van der Waals surface area contributed by atoms with Crippen LogP contribution in [0.1, 0.15) is 10.4 Å². The number of para-hydroxylation sites is 2. The molecule has 23 heavy (non-hydrogen) atoms. The second-order valence-electron chi connectivity index (χ2n) is 3.50. The second-order valence-corrected chi connectivity index (χ2v) is 3.50. The number of nitrogen functional groups attached to an aromatic ring is 1. The van der Waals surface area contributed by atoms with E-state index in [1.54, 1.807) is 48.5 Å². The molecule has 2 aromatic rings. The van der Waals surface area contributed by atoms with E-state index in [1.807, 2.05) is 6.07 Å². The van der Waals surface area contributed by atoms with Crippen molar-refractivity contribution in [2.45, 2.75) is 0 Å². The van der Waals surface area contributed by atoms with Crippen molar-refractivity contribution in [2.24, 2.45) is 0 Å². The van der Waals surface area contributed by atoms with Crippen LogP contribution in [0.4, 0.5) is 5.69 Å². The van der Waals surface area contributed by atoms with Crippen LogP contribution in [0.15, 0.2) is 54.6 Å². The summed E-state index contributed by atoms with van der Waals surface area (Å²) in [5.41, 5.74) is 6.48. The number of benzene rings is 2. The average molecular weight is 323 g/mol. The van der Waals surface area contributed by atoms with E-state index in [0.717, 1.165) is 0 Å². The van der Waals surface area contributed by atoms with Crippen LogP contribution < -0.4 is 10.5 Å². The van der Waals surface area contributed by atoms with Crippen molar-refractivity contribution in [3.05, 3.63) is 60.2 Å². The lowest BCUT2D eigenvalue weighted by atomic mass is 10.2. The van der Waals surface area contributed by atoms with Gasteiger partial charge in [-0.15, -0.1) is 0 Å². The maximum Gasteiger partial charge on any atom is 0.345 e. The fourth-order valence-electron chi connectivity index (χ4n) is 1.33. The van der Waals surface area contributed by atoms with Gasteiger partial charge < -0.3 is 26.2 Å². The van der Waals surface area contributed by atoms with E-state index < -0.39 is 5.97 Å². The van der Waals surface area contributed by atoms with Gasteiger partial charge in [0.15, 0.2) is 0 Å². The summed E-state index contributed by atoms with van der Waals surface area (Å²) >= 11 is 0. The molecule has 8 nitrogen and oxygen atoms in total. The molecule has 0 atom stereocenters. The first-order valence-corrected chi connectivity index (χ1v) is 5.88. The van der Waals surface area contributed by atoms with Gasteiger partial charge in [-0.05, 0) is 24.3 Å². The van der Waals surface area contributed by atoms with Gasteiger partial charge in [-0.25, -0.2) is 4.79 Å². The van der Waals surface area contributed by atoms with Crippen LogP contribution in [0.5, 0.6) is 5.75 Å². The third-order valence-corrected chi connectivity index (χ3v) is 2.13. The van der Waals surface area contributed by atoms with E-state index in [0.29, 0.717) is 17.0 Å². The van der Waals surface area contributed by atoms with E-state index in [-0.39, 0.29) is 18.4 Å². The Morgan fingerprint density at radius 3 is 1.83 bits per heavy atom. The van der Waals surface area contributed by atoms with Crippen molar-refractivity contribution >= 4 is 24.6 Å². The molecule has 8 heteroatoms. The highest BCUT2D eigenvalue weighted by molar-refractivity contribution is 5.96. The molecule has 0 fully saturated rings. The summed E-state index contributed by atoms with van der Waals surface area (Å²) in [6.45, 7) is -0.500. The molecule has 0 heterocycles. The number of esters is 1. The Labute approximate surface area is 132 Å². The van der Waals surface area contributed by atoms with E-state index in [4.69, 9.17) is 30.3 Å². The van der Waals surface area contributed by atoms with E-state index in [2.05, 4.69) is 0 Å². The van der Waals surface area contributed by atoms with Gasteiger partial charge >= 0.3 is 5.97 Å². The summed E-state index contributed by atoms with van der Waals surface area (Å²) in [6.07, 6.45) is 0. The van der Waals surface area contributed by atoms with E-state index in [9.17, 15) is 4.79 Å². The third-order valence-electron chi connectivity index (χ3n) is 2.13. The zero-order valence-electron chi connectivity index (χ0n) is 12.0. The van der Waals surface area contributed by atoms with Gasteiger partial charge in [-0.1, -0.05) is 30.3 Å². The summed E-state index contributed by atoms with van der Waals surface area (Å²) in [5.74, 6) is 0.0695. The number of carboxylic acid groups (broad SMARTS) is 2. The summed E-state index contributed by atoms with van der Waals surface area (Å²) < 4.78 is 5.16. The Hall–Kier alpha value is -3.39. The highest BCUT2D eigenvalue weighted by Crippen LogP contribution is 2.15. The summed E-state index contributed by atoms with van der Waals surface area (Å²) in [6, 6.07) is 15.7. The predicted molar refractivity (Wildman–Crippen MR) is 83.3 cm³/mol. The number of ether oxygens (including phenoxy) is 1. The smallest absolute Gasteiger partial charge is 0.345 e. The fourth-order valence-corrected chi connectivity index (χ4v) is 1.33. The summed E-state index contributed by atoms with van der Waals surface area (Å²) in [5, 5.41) is 13.8. The standard InChI is InChI=1S/C13H11NO2.2CH2O2.H2O/c14-12-9-5-4-8-11(12)13(15)16-10-6-2-1-3-7-10;2*2-1-3;/h1-9H,14H2;2*1H,(H,2,3);1H2. The quantitative estimate of drug-likeness (QED) is 0.322. The van der Waals surface area contributed by atoms with Crippen molar-refractivity contribution in [1.82, 2.24) is 0 Å². The van der Waals surface area contributed by atoms with Gasteiger partial charge in [0.1, 0.15) is 5.75 Å². The molecule has 6 N–H and O–H groups in total. The van der Waals surface area contributed by atoms with Gasteiger partial charge in [0, 0.05) is 5.69 Å². The Balaban J connectivity index is 0. The molecule has 2 aromatic carbocycles. The molecule has 0 aliphatic rings. The number of anilines is 1. The number of carbonyl (C=O) groups excluding carboxylic acids is 1. The van der Waals surface area contributed by atoms with Crippen molar-refractivity contribution in [2.75, 3.05) is 5.73 Å². The van der Waals surface area contributed by atoms with Crippen LogP contribution in [0.3, 0.4) is 0 Å². The molecule has 0 aliphatic carbocycles. The summed E-state index contributed by atoms with van der Waals surface area (Å²) in [7, 11) is 0. The van der Waals surface area contributed by atoms with Crippen LogP contribution in [0.2, 0.25) is 0 Å². The molecule has 0 saturated carbocycles. The van der Waals surface area contributed by atoms with E-state index in [1.165, 1.54) is 0 Å². The minimum Gasteiger partial charge on any atom is -0.483 e. The Morgan fingerprint density at radius 2 is 1.35 bits per heavy atom. The van der Waals surface area contributed by atoms with Crippen molar-refractivity contribution in [3.63, 3.8) is 0 Å². The first kappa shape index (κ1) is 21.9. The maximum atomic E-state index is 11.7. The molecular formula is C15H17NO7. The lowest BCUT2D eigenvalue weighted by Crippen LogP contribution is -2.10. The lowest BCUT2D eigenvalue weighted by molar-refractivity contribution is -0.123. The maximum absolute atomic E-state index is 11.7. The molecule has 0 unspecified atom stereocenters. The minimum absolute atomic E-state index is 0. The number of rotatable bonds is 2. The van der Waals surface area contributed by atoms with Gasteiger partial charge in [-0.3, -0.25) is 9.59 Å². The molecule has 0 aromatic heterocycles. The van der Waals surface area contributed by atoms with Crippen LogP contribution >= 0.6 is 0 Å². The number of nitrogens with two attached hydrogens (primary N) is 1. The average Bonchev–Trinajstić information content (AvgIpc) is 2.50. The first-order chi connectivity index (χ1) is 10.6. The molecule has 0 amide bonds. The highest BCUT2D eigenvalue weighted by Gasteiger charge is 2.10. The summed E-state index contributed by atoms with van der Waals surface area (Å²) in [4.78, 5) is 28.5. The zero-order chi connectivity index (χ0) is 16.8. The van der Waals surface area contributed by atoms with Crippen molar-refractivity contribution < 1.29 is 34.8 Å². The van der Waals surface area contributed by atoms with Crippen LogP contribution in [0.25, 0.3) is 0 Å².